The molecule has 0 fully saturated rings. The molecule has 0 radical (unpaired) electrons. The lowest BCUT2D eigenvalue weighted by atomic mass is 10.2. The van der Waals surface area contributed by atoms with Gasteiger partial charge in [-0.05, 0) is 37.5 Å². The van der Waals surface area contributed by atoms with Crippen LogP contribution in [0.15, 0.2) is 41.1 Å². The molecule has 8 heteroatoms. The van der Waals surface area contributed by atoms with Gasteiger partial charge in [0.25, 0.3) is 4.84 Å². The summed E-state index contributed by atoms with van der Waals surface area (Å²) in [4.78, 5) is 2.41. The molecule has 3 rings (SSSR count). The van der Waals surface area contributed by atoms with E-state index in [2.05, 4.69) is 15.1 Å². The summed E-state index contributed by atoms with van der Waals surface area (Å²) in [5.41, 5.74) is 1.93. The Morgan fingerprint density at radius 3 is 2.91 bits per heavy atom. The third kappa shape index (κ3) is 3.87. The highest BCUT2D eigenvalue weighted by Crippen LogP contribution is 2.21. The van der Waals surface area contributed by atoms with Gasteiger partial charge in [-0.2, -0.15) is 5.10 Å². The lowest BCUT2D eigenvalue weighted by Crippen LogP contribution is -2.22. The summed E-state index contributed by atoms with van der Waals surface area (Å²) in [6.45, 7) is 1.27. The number of rotatable bonds is 5. The molecule has 0 atom stereocenters. The normalized spacial score (nSPS) is 11.3. The Bertz CT molecular complexity index is 869. The van der Waals surface area contributed by atoms with Crippen molar-refractivity contribution >= 4 is 23.8 Å². The lowest BCUT2D eigenvalue weighted by molar-refractivity contribution is 0.240. The third-order valence-electron chi connectivity index (χ3n) is 3.26. The number of hydrogen-bond acceptors (Lipinski definition) is 5. The minimum atomic E-state index is 0.331. The highest BCUT2D eigenvalue weighted by molar-refractivity contribution is 7.71. The second kappa shape index (κ2) is 6.66. The molecule has 0 N–H and O–H groups in total. The third-order valence-corrected chi connectivity index (χ3v) is 3.79. The summed E-state index contributed by atoms with van der Waals surface area (Å²) in [6, 6.07) is 7.34. The zero-order chi connectivity index (χ0) is 16.4. The van der Waals surface area contributed by atoms with Gasteiger partial charge in [-0.15, -0.1) is 5.10 Å². The standard InChI is InChI=1S/C15H16ClN5OS/c1-19(8-11-7-17-20(2)9-11)10-21-15(23)22-14(18-21)12-4-3-5-13(16)6-12/h3-7,9H,8,10H2,1-2H3. The first-order valence-electron chi connectivity index (χ1n) is 7.01. The number of nitrogens with zero attached hydrogens (tertiary/aromatic N) is 5. The summed E-state index contributed by atoms with van der Waals surface area (Å²) < 4.78 is 9.01. The van der Waals surface area contributed by atoms with E-state index >= 15 is 0 Å². The van der Waals surface area contributed by atoms with E-state index in [1.807, 2.05) is 38.6 Å². The van der Waals surface area contributed by atoms with Gasteiger partial charge in [0.15, 0.2) is 0 Å². The van der Waals surface area contributed by atoms with Gasteiger partial charge in [0.2, 0.25) is 5.89 Å². The van der Waals surface area contributed by atoms with Crippen molar-refractivity contribution in [3.8, 4) is 11.5 Å². The summed E-state index contributed by atoms with van der Waals surface area (Å²) in [5.74, 6) is 0.465. The van der Waals surface area contributed by atoms with Gasteiger partial charge < -0.3 is 4.42 Å². The van der Waals surface area contributed by atoms with Crippen LogP contribution in [-0.4, -0.2) is 31.5 Å². The van der Waals surface area contributed by atoms with Crippen molar-refractivity contribution in [2.75, 3.05) is 7.05 Å². The minimum absolute atomic E-state index is 0.331. The van der Waals surface area contributed by atoms with Crippen molar-refractivity contribution in [1.29, 1.82) is 0 Å². The molecule has 2 heterocycles. The average molecular weight is 350 g/mol. The van der Waals surface area contributed by atoms with Crippen molar-refractivity contribution in [2.24, 2.45) is 7.05 Å². The fourth-order valence-corrected chi connectivity index (χ4v) is 2.65. The van der Waals surface area contributed by atoms with Crippen LogP contribution in [0.3, 0.4) is 0 Å². The molecule has 6 nitrogen and oxygen atoms in total. The van der Waals surface area contributed by atoms with Gasteiger partial charge in [-0.1, -0.05) is 17.7 Å². The Labute approximate surface area is 143 Å². The van der Waals surface area contributed by atoms with E-state index in [-0.39, 0.29) is 0 Å². The highest BCUT2D eigenvalue weighted by atomic mass is 35.5. The maximum absolute atomic E-state index is 6.00. The Morgan fingerprint density at radius 1 is 1.39 bits per heavy atom. The number of halogens is 1. The van der Waals surface area contributed by atoms with E-state index in [0.29, 0.717) is 22.4 Å². The summed E-state index contributed by atoms with van der Waals surface area (Å²) in [6.07, 6.45) is 3.83. The van der Waals surface area contributed by atoms with Crippen LogP contribution in [0.5, 0.6) is 0 Å². The summed E-state index contributed by atoms with van der Waals surface area (Å²) in [7, 11) is 3.89. The SMILES string of the molecule is CN(Cc1cnn(C)c1)Cn1nc(-c2cccc(Cl)c2)oc1=S. The maximum atomic E-state index is 6.00. The molecule has 0 spiro atoms. The lowest BCUT2D eigenvalue weighted by Gasteiger charge is -2.14. The van der Waals surface area contributed by atoms with Crippen molar-refractivity contribution < 1.29 is 4.42 Å². The van der Waals surface area contributed by atoms with Crippen LogP contribution < -0.4 is 0 Å². The Balaban J connectivity index is 1.74. The molecule has 120 valence electrons. The molecule has 0 saturated carbocycles. The van der Waals surface area contributed by atoms with Crippen LogP contribution in [0.1, 0.15) is 5.56 Å². The zero-order valence-electron chi connectivity index (χ0n) is 12.8. The molecule has 0 aliphatic rings. The first-order chi connectivity index (χ1) is 11.0. The van der Waals surface area contributed by atoms with E-state index < -0.39 is 0 Å². The maximum Gasteiger partial charge on any atom is 0.288 e. The molecule has 3 aromatic rings. The zero-order valence-corrected chi connectivity index (χ0v) is 14.4. The Kier molecular flexibility index (Phi) is 4.61. The fraction of sp³-hybridized carbons (Fsp3) is 0.267. The van der Waals surface area contributed by atoms with Crippen LogP contribution in [-0.2, 0) is 20.3 Å². The topological polar surface area (TPSA) is 52.0 Å². The van der Waals surface area contributed by atoms with Crippen molar-refractivity contribution in [3.63, 3.8) is 0 Å². The number of benzene rings is 1. The molecular formula is C15H16ClN5OS. The molecule has 0 aliphatic carbocycles. The van der Waals surface area contributed by atoms with Gasteiger partial charge in [-0.25, -0.2) is 4.68 Å². The average Bonchev–Trinajstić information content (AvgIpc) is 3.06. The largest absolute Gasteiger partial charge is 0.409 e. The van der Waals surface area contributed by atoms with E-state index in [4.69, 9.17) is 28.2 Å². The summed E-state index contributed by atoms with van der Waals surface area (Å²) in [5, 5.41) is 9.23. The first-order valence-corrected chi connectivity index (χ1v) is 7.80. The quantitative estimate of drug-likeness (QED) is 0.661. The van der Waals surface area contributed by atoms with Crippen LogP contribution in [0.4, 0.5) is 0 Å². The van der Waals surface area contributed by atoms with Crippen molar-refractivity contribution in [2.45, 2.75) is 13.2 Å². The van der Waals surface area contributed by atoms with Gasteiger partial charge in [-0.3, -0.25) is 9.58 Å². The van der Waals surface area contributed by atoms with E-state index in [0.717, 1.165) is 17.7 Å². The number of aryl methyl sites for hydroxylation is 1. The van der Waals surface area contributed by atoms with Gasteiger partial charge in [0.05, 0.1) is 12.9 Å². The molecule has 0 saturated heterocycles. The highest BCUT2D eigenvalue weighted by Gasteiger charge is 2.11. The Hall–Kier alpha value is -1.96. The molecule has 0 amide bonds. The number of aromatic nitrogens is 4. The minimum Gasteiger partial charge on any atom is -0.409 e. The van der Waals surface area contributed by atoms with Crippen LogP contribution >= 0.6 is 23.8 Å². The van der Waals surface area contributed by atoms with Crippen LogP contribution in [0, 0.1) is 4.84 Å². The van der Waals surface area contributed by atoms with E-state index in [1.54, 1.807) is 21.5 Å². The second-order valence-corrected chi connectivity index (χ2v) is 6.15. The van der Waals surface area contributed by atoms with Gasteiger partial charge in [0.1, 0.15) is 0 Å². The monoisotopic (exact) mass is 349 g/mol. The predicted molar refractivity (Wildman–Crippen MR) is 90.4 cm³/mol. The van der Waals surface area contributed by atoms with Crippen LogP contribution in [0.2, 0.25) is 5.02 Å². The molecular weight excluding hydrogens is 334 g/mol. The van der Waals surface area contributed by atoms with Crippen LogP contribution in [0.25, 0.3) is 11.5 Å². The molecule has 0 aliphatic heterocycles. The number of hydrogen-bond donors (Lipinski definition) is 0. The fourth-order valence-electron chi connectivity index (χ4n) is 2.28. The second-order valence-electron chi connectivity index (χ2n) is 5.36. The molecule has 0 unspecified atom stereocenters. The smallest absolute Gasteiger partial charge is 0.288 e. The molecule has 2 aromatic heterocycles. The molecule has 1 aromatic carbocycles. The van der Waals surface area contributed by atoms with Crippen molar-refractivity contribution in [1.82, 2.24) is 24.5 Å². The van der Waals surface area contributed by atoms with Crippen molar-refractivity contribution in [3.05, 3.63) is 52.1 Å². The summed E-state index contributed by atoms with van der Waals surface area (Å²) >= 11 is 11.2. The van der Waals surface area contributed by atoms with E-state index in [9.17, 15) is 0 Å². The predicted octanol–water partition coefficient (Wildman–Crippen LogP) is 3.35. The Morgan fingerprint density at radius 2 is 2.22 bits per heavy atom. The van der Waals surface area contributed by atoms with Gasteiger partial charge >= 0.3 is 0 Å². The molecule has 0 bridgehead atoms. The molecule has 23 heavy (non-hydrogen) atoms. The first kappa shape index (κ1) is 15.9. The van der Waals surface area contributed by atoms with Gasteiger partial charge in [0, 0.05) is 35.9 Å². The van der Waals surface area contributed by atoms with E-state index in [1.165, 1.54) is 0 Å².